The third-order valence-electron chi connectivity index (χ3n) is 4.92. The van der Waals surface area contributed by atoms with E-state index in [0.717, 1.165) is 29.0 Å². The fourth-order valence-corrected chi connectivity index (χ4v) is 3.46. The van der Waals surface area contributed by atoms with Crippen molar-refractivity contribution in [3.8, 4) is 11.5 Å². The van der Waals surface area contributed by atoms with Crippen molar-refractivity contribution in [1.29, 1.82) is 0 Å². The highest BCUT2D eigenvalue weighted by atomic mass is 16.5. The second kappa shape index (κ2) is 11.2. The van der Waals surface area contributed by atoms with E-state index in [0.29, 0.717) is 24.7 Å². The van der Waals surface area contributed by atoms with Gasteiger partial charge in [-0.2, -0.15) is 0 Å². The quantitative estimate of drug-likeness (QED) is 0.428. The van der Waals surface area contributed by atoms with Crippen LogP contribution in [0.1, 0.15) is 54.7 Å². The zero-order valence-corrected chi connectivity index (χ0v) is 18.5. The minimum atomic E-state index is -0.0889. The minimum Gasteiger partial charge on any atom is -0.494 e. The third kappa shape index (κ3) is 6.88. The Bertz CT molecular complexity index is 969. The van der Waals surface area contributed by atoms with Crippen LogP contribution in [0.4, 0.5) is 0 Å². The van der Waals surface area contributed by atoms with Gasteiger partial charge in [-0.25, -0.2) is 0 Å². The second-order valence-electron chi connectivity index (χ2n) is 7.96. The van der Waals surface area contributed by atoms with Crippen molar-refractivity contribution < 1.29 is 14.3 Å². The Hall–Kier alpha value is -3.27. The van der Waals surface area contributed by atoms with E-state index in [9.17, 15) is 4.79 Å². The molecule has 0 aromatic heterocycles. The van der Waals surface area contributed by atoms with Crippen LogP contribution in [-0.4, -0.2) is 12.5 Å². The lowest BCUT2D eigenvalue weighted by molar-refractivity contribution is 0.0931. The van der Waals surface area contributed by atoms with Crippen LogP contribution in [0.15, 0.2) is 78.9 Å². The van der Waals surface area contributed by atoms with Crippen molar-refractivity contribution in [1.82, 2.24) is 5.32 Å². The van der Waals surface area contributed by atoms with Gasteiger partial charge in [0, 0.05) is 5.56 Å². The van der Waals surface area contributed by atoms with Crippen molar-refractivity contribution >= 4 is 5.91 Å². The number of ether oxygens (including phenoxy) is 2. The summed E-state index contributed by atoms with van der Waals surface area (Å²) in [6.07, 6.45) is 0.845. The number of carbonyl (C=O) groups excluding carboxylic acids is 1. The Morgan fingerprint density at radius 1 is 0.871 bits per heavy atom. The van der Waals surface area contributed by atoms with Crippen molar-refractivity contribution in [2.75, 3.05) is 6.61 Å². The van der Waals surface area contributed by atoms with Crippen molar-refractivity contribution in [3.05, 3.63) is 95.6 Å². The summed E-state index contributed by atoms with van der Waals surface area (Å²) >= 11 is 0. The van der Waals surface area contributed by atoms with Gasteiger partial charge in [0.15, 0.2) is 0 Å². The molecule has 0 radical (unpaired) electrons. The fraction of sp³-hybridized carbons (Fsp3) is 0.296. The maximum atomic E-state index is 13.1. The molecule has 3 rings (SSSR count). The number of benzene rings is 3. The van der Waals surface area contributed by atoms with Crippen LogP contribution in [0, 0.1) is 5.92 Å². The number of carbonyl (C=O) groups is 1. The molecule has 4 heteroatoms. The molecule has 1 atom stereocenters. The molecule has 3 aromatic rings. The van der Waals surface area contributed by atoms with Gasteiger partial charge >= 0.3 is 0 Å². The first-order chi connectivity index (χ1) is 15.0. The molecule has 0 spiro atoms. The Balaban J connectivity index is 1.71. The van der Waals surface area contributed by atoms with Gasteiger partial charge in [-0.15, -0.1) is 0 Å². The van der Waals surface area contributed by atoms with E-state index in [2.05, 4.69) is 19.2 Å². The molecule has 4 nitrogen and oxygen atoms in total. The van der Waals surface area contributed by atoms with E-state index in [1.54, 1.807) is 0 Å². The molecule has 0 bridgehead atoms. The van der Waals surface area contributed by atoms with E-state index in [-0.39, 0.29) is 11.9 Å². The zero-order valence-electron chi connectivity index (χ0n) is 18.5. The molecule has 0 saturated carbocycles. The first kappa shape index (κ1) is 22.4. The number of amides is 1. The Morgan fingerprint density at radius 2 is 1.61 bits per heavy atom. The fourth-order valence-electron chi connectivity index (χ4n) is 3.46. The molecule has 0 aliphatic heterocycles. The summed E-state index contributed by atoms with van der Waals surface area (Å²) < 4.78 is 11.5. The lowest BCUT2D eigenvalue weighted by Crippen LogP contribution is -2.29. The van der Waals surface area contributed by atoms with Crippen LogP contribution in [0.3, 0.4) is 0 Å². The Morgan fingerprint density at radius 3 is 2.35 bits per heavy atom. The van der Waals surface area contributed by atoms with E-state index in [1.807, 2.05) is 85.8 Å². The molecular formula is C27H31NO3. The summed E-state index contributed by atoms with van der Waals surface area (Å²) in [7, 11) is 0. The van der Waals surface area contributed by atoms with Gasteiger partial charge in [-0.1, -0.05) is 56.3 Å². The maximum absolute atomic E-state index is 13.1. The smallest absolute Gasteiger partial charge is 0.251 e. The molecule has 162 valence electrons. The van der Waals surface area contributed by atoms with Crippen LogP contribution >= 0.6 is 0 Å². The molecule has 1 amide bonds. The summed E-state index contributed by atoms with van der Waals surface area (Å²) in [6.45, 7) is 7.31. The number of nitrogens with one attached hydrogen (secondary N) is 1. The molecule has 1 unspecified atom stereocenters. The Labute approximate surface area is 185 Å². The number of para-hydroxylation sites is 1. The SMILES string of the molecule is CCOc1cccc(C(CC(C)C)NC(=O)c2cccc(COc3ccccc3)c2)c1. The molecule has 1 N–H and O–H groups in total. The van der Waals surface area contributed by atoms with E-state index < -0.39 is 0 Å². The Kier molecular flexibility index (Phi) is 8.11. The van der Waals surface area contributed by atoms with Gasteiger partial charge in [0.05, 0.1) is 12.6 Å². The summed E-state index contributed by atoms with van der Waals surface area (Å²) in [5.41, 5.74) is 2.63. The number of hydrogen-bond acceptors (Lipinski definition) is 3. The molecule has 0 saturated heterocycles. The molecular weight excluding hydrogens is 386 g/mol. The summed E-state index contributed by atoms with van der Waals surface area (Å²) in [5, 5.41) is 3.22. The first-order valence-corrected chi connectivity index (χ1v) is 10.9. The van der Waals surface area contributed by atoms with Gasteiger partial charge in [0.2, 0.25) is 0 Å². The van der Waals surface area contributed by atoms with Crippen molar-refractivity contribution in [3.63, 3.8) is 0 Å². The van der Waals surface area contributed by atoms with Crippen LogP contribution in [-0.2, 0) is 6.61 Å². The predicted octanol–water partition coefficient (Wildman–Crippen LogP) is 6.18. The van der Waals surface area contributed by atoms with Gasteiger partial charge < -0.3 is 14.8 Å². The maximum Gasteiger partial charge on any atom is 0.251 e. The highest BCUT2D eigenvalue weighted by Gasteiger charge is 2.18. The van der Waals surface area contributed by atoms with Gasteiger partial charge in [0.1, 0.15) is 18.1 Å². The number of hydrogen-bond donors (Lipinski definition) is 1. The normalized spacial score (nSPS) is 11.7. The third-order valence-corrected chi connectivity index (χ3v) is 4.92. The zero-order chi connectivity index (χ0) is 22.1. The van der Waals surface area contributed by atoms with E-state index >= 15 is 0 Å². The van der Waals surface area contributed by atoms with Crippen molar-refractivity contribution in [2.45, 2.75) is 39.8 Å². The minimum absolute atomic E-state index is 0.0860. The lowest BCUT2D eigenvalue weighted by atomic mass is 9.96. The van der Waals surface area contributed by atoms with E-state index in [4.69, 9.17) is 9.47 Å². The molecule has 0 aliphatic rings. The van der Waals surface area contributed by atoms with Crippen LogP contribution in [0.25, 0.3) is 0 Å². The first-order valence-electron chi connectivity index (χ1n) is 10.9. The molecule has 31 heavy (non-hydrogen) atoms. The standard InChI is InChI=1S/C27H31NO3/c1-4-30-25-15-9-11-22(18-25)26(16-20(2)3)28-27(29)23-12-8-10-21(17-23)19-31-24-13-6-5-7-14-24/h5-15,17-18,20,26H,4,16,19H2,1-3H3,(H,28,29). The van der Waals surface area contributed by atoms with Gasteiger partial charge in [0.25, 0.3) is 5.91 Å². The molecule has 0 heterocycles. The average molecular weight is 418 g/mol. The van der Waals surface area contributed by atoms with Gasteiger partial charge in [-0.05, 0) is 66.8 Å². The molecule has 0 fully saturated rings. The summed E-state index contributed by atoms with van der Waals surface area (Å²) in [5.74, 6) is 1.98. The highest BCUT2D eigenvalue weighted by Crippen LogP contribution is 2.25. The monoisotopic (exact) mass is 417 g/mol. The van der Waals surface area contributed by atoms with E-state index in [1.165, 1.54) is 0 Å². The van der Waals surface area contributed by atoms with Crippen LogP contribution < -0.4 is 14.8 Å². The molecule has 3 aromatic carbocycles. The van der Waals surface area contributed by atoms with Crippen molar-refractivity contribution in [2.24, 2.45) is 5.92 Å². The predicted molar refractivity (Wildman–Crippen MR) is 124 cm³/mol. The summed E-state index contributed by atoms with van der Waals surface area (Å²) in [4.78, 5) is 13.1. The van der Waals surface area contributed by atoms with Crippen LogP contribution in [0.2, 0.25) is 0 Å². The second-order valence-corrected chi connectivity index (χ2v) is 7.96. The topological polar surface area (TPSA) is 47.6 Å². The largest absolute Gasteiger partial charge is 0.494 e. The average Bonchev–Trinajstić information content (AvgIpc) is 2.78. The molecule has 0 aliphatic carbocycles. The highest BCUT2D eigenvalue weighted by molar-refractivity contribution is 5.94. The lowest BCUT2D eigenvalue weighted by Gasteiger charge is -2.22. The number of rotatable bonds is 10. The summed E-state index contributed by atoms with van der Waals surface area (Å²) in [6, 6.07) is 25.1. The van der Waals surface area contributed by atoms with Crippen LogP contribution in [0.5, 0.6) is 11.5 Å². The van der Waals surface area contributed by atoms with Gasteiger partial charge in [-0.3, -0.25) is 4.79 Å².